The smallest absolute Gasteiger partial charge is 0.0105 e. The van der Waals surface area contributed by atoms with Gasteiger partial charge in [-0.1, -0.05) is 219 Å². The van der Waals surface area contributed by atoms with Crippen molar-refractivity contribution < 1.29 is 0 Å². The Morgan fingerprint density at radius 3 is 0.756 bits per heavy atom. The molecule has 0 heterocycles. The minimum Gasteiger partial charge on any atom is -0.0683 e. The van der Waals surface area contributed by atoms with E-state index in [0.717, 1.165) is 5.92 Å². The van der Waals surface area contributed by atoms with Crippen LogP contribution < -0.4 is 0 Å². The van der Waals surface area contributed by atoms with E-state index in [9.17, 15) is 0 Å². The summed E-state index contributed by atoms with van der Waals surface area (Å²) in [6.07, 6.45) is 1.31. The zero-order chi connectivity index (χ0) is 32.5. The predicted octanol–water partition coefficient (Wildman–Crippen LogP) is 15.0. The number of fused-ring (bicyclic) bond motifs is 4. The third-order valence-electron chi connectivity index (χ3n) is 5.13. The average Bonchev–Trinajstić information content (AvgIpc) is 3.10. The van der Waals surface area contributed by atoms with Crippen molar-refractivity contribution in [1.29, 1.82) is 0 Å². The van der Waals surface area contributed by atoms with Gasteiger partial charge in [0.25, 0.3) is 0 Å². The lowest BCUT2D eigenvalue weighted by atomic mass is 10.0. The number of hydrogen-bond donors (Lipinski definition) is 0. The molecule has 5 rings (SSSR count). The van der Waals surface area contributed by atoms with Crippen molar-refractivity contribution in [2.45, 2.75) is 110 Å². The topological polar surface area (TPSA) is 0 Å². The first-order chi connectivity index (χ1) is 20.2. The molecule has 0 nitrogen and oxygen atoms in total. The number of hydrogen-bond acceptors (Lipinski definition) is 0. The molecule has 0 aliphatic rings. The maximum absolute atomic E-state index is 2.22. The van der Waals surface area contributed by atoms with Gasteiger partial charge in [0.2, 0.25) is 0 Å². The van der Waals surface area contributed by atoms with Gasteiger partial charge in [-0.3, -0.25) is 0 Å². The molecule has 0 saturated carbocycles. The molecular formula is C41H66. The molecule has 0 heteroatoms. The second-order valence-electron chi connectivity index (χ2n) is 7.66. The minimum absolute atomic E-state index is 0.884. The third kappa shape index (κ3) is 19.6. The van der Waals surface area contributed by atoms with Gasteiger partial charge in [0.15, 0.2) is 0 Å². The lowest BCUT2D eigenvalue weighted by Gasteiger charge is -2.02. The van der Waals surface area contributed by atoms with Crippen molar-refractivity contribution in [3.05, 3.63) is 109 Å². The summed E-state index contributed by atoms with van der Waals surface area (Å²) in [5.41, 5.74) is 0. The van der Waals surface area contributed by atoms with Gasteiger partial charge in [0, 0.05) is 0 Å². The standard InChI is InChI=1S/C14H10.C10H8.C5H12.6C2H6/c1-3-7-13-11(5-1)9-10-12-6-2-4-8-14(12)13;1-2-6-10-8-4-3-7-9(10)5-1;1-4-5(2)3;6*1-2/h1-10H;1-8H;5H,4H2,1-3H3;6*1-2H3. The summed E-state index contributed by atoms with van der Waals surface area (Å²) >= 11 is 0. The van der Waals surface area contributed by atoms with Crippen LogP contribution in [0, 0.1) is 5.92 Å². The molecule has 41 heavy (non-hydrogen) atoms. The van der Waals surface area contributed by atoms with Crippen molar-refractivity contribution in [1.82, 2.24) is 0 Å². The van der Waals surface area contributed by atoms with Crippen LogP contribution in [0.2, 0.25) is 0 Å². The Labute approximate surface area is 257 Å². The van der Waals surface area contributed by atoms with Crippen LogP contribution >= 0.6 is 0 Å². The lowest BCUT2D eigenvalue weighted by molar-refractivity contribution is 0.626. The van der Waals surface area contributed by atoms with Gasteiger partial charge in [-0.25, -0.2) is 0 Å². The normalized spacial score (nSPS) is 8.20. The minimum atomic E-state index is 0.884. The van der Waals surface area contributed by atoms with E-state index in [0.29, 0.717) is 0 Å². The average molecular weight is 559 g/mol. The monoisotopic (exact) mass is 559 g/mol. The van der Waals surface area contributed by atoms with Crippen LogP contribution in [0.1, 0.15) is 110 Å². The molecule has 0 fully saturated rings. The summed E-state index contributed by atoms with van der Waals surface area (Å²) in [6.45, 7) is 30.6. The van der Waals surface area contributed by atoms with E-state index < -0.39 is 0 Å². The highest BCUT2D eigenvalue weighted by Gasteiger charge is 1.97. The van der Waals surface area contributed by atoms with Crippen molar-refractivity contribution in [2.24, 2.45) is 5.92 Å². The summed E-state index contributed by atoms with van der Waals surface area (Å²) < 4.78 is 0. The van der Waals surface area contributed by atoms with E-state index in [2.05, 4.69) is 130 Å². The van der Waals surface area contributed by atoms with Crippen molar-refractivity contribution in [2.75, 3.05) is 0 Å². The molecule has 5 aromatic carbocycles. The fourth-order valence-corrected chi connectivity index (χ4v) is 3.09. The van der Waals surface area contributed by atoms with E-state index >= 15 is 0 Å². The predicted molar refractivity (Wildman–Crippen MR) is 199 cm³/mol. The van der Waals surface area contributed by atoms with Gasteiger partial charge in [0.05, 0.1) is 0 Å². The molecule has 0 amide bonds. The molecule has 0 bridgehead atoms. The van der Waals surface area contributed by atoms with Crippen LogP contribution in [-0.2, 0) is 0 Å². The van der Waals surface area contributed by atoms with Gasteiger partial charge in [0.1, 0.15) is 0 Å². The fraction of sp³-hybridized carbons (Fsp3) is 0.415. The van der Waals surface area contributed by atoms with Gasteiger partial charge < -0.3 is 0 Å². The summed E-state index contributed by atoms with van der Waals surface area (Å²) in [5, 5.41) is 7.92. The molecule has 230 valence electrons. The first-order valence-electron chi connectivity index (χ1n) is 16.5. The Bertz CT molecular complexity index is 1050. The first-order valence-corrected chi connectivity index (χ1v) is 16.5. The van der Waals surface area contributed by atoms with Crippen molar-refractivity contribution in [3.63, 3.8) is 0 Å². The zero-order valence-electron chi connectivity index (χ0n) is 29.7. The molecular weight excluding hydrogens is 492 g/mol. The Kier molecular flexibility index (Phi) is 38.2. The maximum Gasteiger partial charge on any atom is -0.0105 e. The van der Waals surface area contributed by atoms with Crippen LogP contribution in [0.25, 0.3) is 32.3 Å². The summed E-state index contributed by atoms with van der Waals surface area (Å²) in [5.74, 6) is 0.884. The molecule has 0 atom stereocenters. The molecule has 0 N–H and O–H groups in total. The third-order valence-corrected chi connectivity index (χ3v) is 5.13. The first kappa shape index (κ1) is 44.9. The van der Waals surface area contributed by atoms with E-state index in [-0.39, 0.29) is 0 Å². The Balaban J connectivity index is -0.000000224. The molecule has 0 unspecified atom stereocenters. The highest BCUT2D eigenvalue weighted by molar-refractivity contribution is 6.07. The van der Waals surface area contributed by atoms with Gasteiger partial charge >= 0.3 is 0 Å². The van der Waals surface area contributed by atoms with Gasteiger partial charge in [-0.2, -0.15) is 0 Å². The van der Waals surface area contributed by atoms with Gasteiger partial charge in [-0.05, 0) is 38.2 Å². The zero-order valence-corrected chi connectivity index (χ0v) is 29.7. The highest BCUT2D eigenvalue weighted by atomic mass is 14.0. The van der Waals surface area contributed by atoms with Crippen LogP contribution in [0.5, 0.6) is 0 Å². The van der Waals surface area contributed by atoms with E-state index in [1.54, 1.807) is 0 Å². The number of benzene rings is 5. The van der Waals surface area contributed by atoms with Gasteiger partial charge in [-0.15, -0.1) is 0 Å². The molecule has 0 aliphatic carbocycles. The van der Waals surface area contributed by atoms with Crippen molar-refractivity contribution >= 4 is 32.3 Å². The molecule has 0 radical (unpaired) electrons. The Morgan fingerprint density at radius 2 is 0.537 bits per heavy atom. The van der Waals surface area contributed by atoms with E-state index in [1.807, 2.05) is 83.1 Å². The Morgan fingerprint density at radius 1 is 0.341 bits per heavy atom. The Hall–Kier alpha value is -3.12. The summed E-state index contributed by atoms with van der Waals surface area (Å²) in [4.78, 5) is 0. The summed E-state index contributed by atoms with van der Waals surface area (Å²) in [7, 11) is 0. The molecule has 0 saturated heterocycles. The largest absolute Gasteiger partial charge is 0.0683 e. The molecule has 5 aromatic rings. The fourth-order valence-electron chi connectivity index (χ4n) is 3.09. The SMILES string of the molecule is CC.CC.CC.CC.CC.CC.CCC(C)C.c1ccc2c(c1)ccc1ccccc12.c1ccc2ccccc2c1. The van der Waals surface area contributed by atoms with Crippen LogP contribution in [0.4, 0.5) is 0 Å². The van der Waals surface area contributed by atoms with E-state index in [1.165, 1.54) is 38.7 Å². The highest BCUT2D eigenvalue weighted by Crippen LogP contribution is 2.24. The molecule has 0 spiro atoms. The van der Waals surface area contributed by atoms with Crippen LogP contribution in [-0.4, -0.2) is 0 Å². The second kappa shape index (κ2) is 34.9. The molecule has 0 aliphatic heterocycles. The van der Waals surface area contributed by atoms with E-state index in [4.69, 9.17) is 0 Å². The maximum atomic E-state index is 2.22. The van der Waals surface area contributed by atoms with Crippen LogP contribution in [0.3, 0.4) is 0 Å². The van der Waals surface area contributed by atoms with Crippen LogP contribution in [0.15, 0.2) is 109 Å². The lowest BCUT2D eigenvalue weighted by Crippen LogP contribution is -1.77. The quantitative estimate of drug-likeness (QED) is 0.179. The second-order valence-corrected chi connectivity index (χ2v) is 7.66. The molecule has 0 aromatic heterocycles. The summed E-state index contributed by atoms with van der Waals surface area (Å²) in [6, 6.07) is 38.1. The number of rotatable bonds is 1. The van der Waals surface area contributed by atoms with Crippen molar-refractivity contribution in [3.8, 4) is 0 Å².